The van der Waals surface area contributed by atoms with Gasteiger partial charge in [-0.15, -0.1) is 0 Å². The lowest BCUT2D eigenvalue weighted by molar-refractivity contribution is -0.132. The zero-order chi connectivity index (χ0) is 22.8. The van der Waals surface area contributed by atoms with Crippen LogP contribution in [-0.4, -0.2) is 56.7 Å². The molecule has 2 amide bonds. The zero-order valence-electron chi connectivity index (χ0n) is 18.8. The van der Waals surface area contributed by atoms with Crippen LogP contribution in [0, 0.1) is 0 Å². The number of hydrogen-bond donors (Lipinski definition) is 1. The second kappa shape index (κ2) is 12.0. The third kappa shape index (κ3) is 6.90. The molecule has 7 nitrogen and oxygen atoms in total. The quantitative estimate of drug-likeness (QED) is 0.574. The molecule has 0 spiro atoms. The summed E-state index contributed by atoms with van der Waals surface area (Å²) in [6, 6.07) is 15.2. The van der Waals surface area contributed by atoms with Crippen molar-refractivity contribution in [3.63, 3.8) is 0 Å². The minimum atomic E-state index is -0.0277. The van der Waals surface area contributed by atoms with Crippen LogP contribution in [0.2, 0.25) is 0 Å². The molecule has 1 saturated heterocycles. The van der Waals surface area contributed by atoms with Gasteiger partial charge in [-0.1, -0.05) is 24.3 Å². The van der Waals surface area contributed by atoms with Gasteiger partial charge in [0, 0.05) is 25.6 Å². The van der Waals surface area contributed by atoms with Crippen molar-refractivity contribution >= 4 is 11.8 Å². The highest BCUT2D eigenvalue weighted by Crippen LogP contribution is 2.27. The van der Waals surface area contributed by atoms with Gasteiger partial charge >= 0.3 is 0 Å². The molecule has 0 radical (unpaired) electrons. The molecule has 0 aliphatic carbocycles. The van der Waals surface area contributed by atoms with Crippen molar-refractivity contribution in [3.8, 4) is 17.2 Å². The maximum absolute atomic E-state index is 12.5. The second-order valence-corrected chi connectivity index (χ2v) is 7.85. The number of piperidine rings is 1. The number of para-hydroxylation sites is 1. The first-order valence-electron chi connectivity index (χ1n) is 11.0. The van der Waals surface area contributed by atoms with Crippen LogP contribution in [0.15, 0.2) is 48.5 Å². The summed E-state index contributed by atoms with van der Waals surface area (Å²) in [5.41, 5.74) is 0.866. The van der Waals surface area contributed by atoms with Crippen molar-refractivity contribution < 1.29 is 23.8 Å². The van der Waals surface area contributed by atoms with Crippen LogP contribution < -0.4 is 19.5 Å². The topological polar surface area (TPSA) is 77.1 Å². The fourth-order valence-electron chi connectivity index (χ4n) is 3.82. The lowest BCUT2D eigenvalue weighted by atomic mass is 10.0. The van der Waals surface area contributed by atoms with Crippen molar-refractivity contribution in [2.24, 2.45) is 0 Å². The van der Waals surface area contributed by atoms with Gasteiger partial charge in [-0.2, -0.15) is 0 Å². The number of likely N-dealkylation sites (tertiary alicyclic amines) is 1. The van der Waals surface area contributed by atoms with E-state index < -0.39 is 0 Å². The lowest BCUT2D eigenvalue weighted by Gasteiger charge is -2.32. The summed E-state index contributed by atoms with van der Waals surface area (Å²) in [7, 11) is 3.16. The molecule has 0 bridgehead atoms. The van der Waals surface area contributed by atoms with E-state index >= 15 is 0 Å². The maximum Gasteiger partial charge on any atom is 0.224 e. The van der Waals surface area contributed by atoms with Crippen LogP contribution in [0.5, 0.6) is 17.2 Å². The largest absolute Gasteiger partial charge is 0.494 e. The van der Waals surface area contributed by atoms with E-state index in [1.807, 2.05) is 47.4 Å². The van der Waals surface area contributed by atoms with Crippen LogP contribution >= 0.6 is 0 Å². The van der Waals surface area contributed by atoms with E-state index in [0.29, 0.717) is 44.0 Å². The summed E-state index contributed by atoms with van der Waals surface area (Å²) in [6.45, 7) is 1.86. The van der Waals surface area contributed by atoms with Gasteiger partial charge in [0.25, 0.3) is 0 Å². The van der Waals surface area contributed by atoms with Crippen molar-refractivity contribution in [2.45, 2.75) is 38.1 Å². The fraction of sp³-hybridized carbons (Fsp3) is 0.440. The second-order valence-electron chi connectivity index (χ2n) is 7.85. The van der Waals surface area contributed by atoms with Crippen molar-refractivity contribution in [1.82, 2.24) is 10.2 Å². The van der Waals surface area contributed by atoms with Crippen molar-refractivity contribution in [2.75, 3.05) is 33.9 Å². The predicted molar refractivity (Wildman–Crippen MR) is 122 cm³/mol. The molecule has 0 saturated carbocycles. The first-order chi connectivity index (χ1) is 15.6. The molecule has 0 aromatic heterocycles. The third-order valence-electron chi connectivity index (χ3n) is 5.57. The number of methoxy groups -OCH3 is 2. The molecule has 1 N–H and O–H groups in total. The molecule has 7 heteroatoms. The first kappa shape index (κ1) is 23.4. The van der Waals surface area contributed by atoms with Gasteiger partial charge < -0.3 is 24.4 Å². The molecular weight excluding hydrogens is 408 g/mol. The lowest BCUT2D eigenvalue weighted by Crippen LogP contribution is -2.46. The minimum Gasteiger partial charge on any atom is -0.494 e. The molecule has 1 fully saturated rings. The Labute approximate surface area is 189 Å². The SMILES string of the molecule is COc1ccc(CC(=O)NC2CCN(C(=O)CCCOc3ccccc3)CC2)cc1OC. The van der Waals surface area contributed by atoms with Crippen LogP contribution in [0.3, 0.4) is 0 Å². The fourth-order valence-corrected chi connectivity index (χ4v) is 3.82. The summed E-state index contributed by atoms with van der Waals surface area (Å²) in [6.07, 6.45) is 2.98. The van der Waals surface area contributed by atoms with Gasteiger partial charge in [0.2, 0.25) is 11.8 Å². The van der Waals surface area contributed by atoms with E-state index in [0.717, 1.165) is 24.2 Å². The van der Waals surface area contributed by atoms with E-state index in [2.05, 4.69) is 5.32 Å². The standard InChI is InChI=1S/C25H32N2O5/c1-30-22-11-10-19(17-23(22)31-2)18-24(28)26-20-12-14-27(15-13-20)25(29)9-6-16-32-21-7-4-3-5-8-21/h3-5,7-8,10-11,17,20H,6,9,12-16,18H2,1-2H3,(H,26,28). The Bertz CT molecular complexity index is 879. The van der Waals surface area contributed by atoms with Crippen LogP contribution in [-0.2, 0) is 16.0 Å². The van der Waals surface area contributed by atoms with E-state index in [9.17, 15) is 9.59 Å². The Hall–Kier alpha value is -3.22. The minimum absolute atomic E-state index is 0.0277. The number of carbonyl (C=O) groups is 2. The molecule has 2 aromatic carbocycles. The number of hydrogen-bond acceptors (Lipinski definition) is 5. The van der Waals surface area contributed by atoms with Crippen molar-refractivity contribution in [3.05, 3.63) is 54.1 Å². The molecule has 1 aliphatic rings. The maximum atomic E-state index is 12.5. The zero-order valence-corrected chi connectivity index (χ0v) is 18.8. The van der Waals surface area contributed by atoms with E-state index in [4.69, 9.17) is 14.2 Å². The van der Waals surface area contributed by atoms with Gasteiger partial charge in [-0.3, -0.25) is 9.59 Å². The number of carbonyl (C=O) groups excluding carboxylic acids is 2. The highest BCUT2D eigenvalue weighted by atomic mass is 16.5. The predicted octanol–water partition coefficient (Wildman–Crippen LogP) is 3.21. The number of ether oxygens (including phenoxy) is 3. The summed E-state index contributed by atoms with van der Waals surface area (Å²) in [5.74, 6) is 2.19. The van der Waals surface area contributed by atoms with Crippen LogP contribution in [0.25, 0.3) is 0 Å². The number of nitrogens with zero attached hydrogens (tertiary/aromatic N) is 1. The number of rotatable bonds is 10. The average molecular weight is 441 g/mol. The van der Waals surface area contributed by atoms with Gasteiger partial charge in [0.05, 0.1) is 27.2 Å². The molecule has 172 valence electrons. The van der Waals surface area contributed by atoms with Gasteiger partial charge in [0.15, 0.2) is 11.5 Å². The average Bonchev–Trinajstić information content (AvgIpc) is 2.82. The van der Waals surface area contributed by atoms with Gasteiger partial charge in [-0.25, -0.2) is 0 Å². The van der Waals surface area contributed by atoms with Gasteiger partial charge in [-0.05, 0) is 49.1 Å². The molecule has 32 heavy (non-hydrogen) atoms. The molecule has 0 atom stereocenters. The molecule has 3 rings (SSSR count). The Morgan fingerprint density at radius 2 is 1.72 bits per heavy atom. The third-order valence-corrected chi connectivity index (χ3v) is 5.57. The molecule has 2 aromatic rings. The first-order valence-corrected chi connectivity index (χ1v) is 11.0. The summed E-state index contributed by atoms with van der Waals surface area (Å²) in [4.78, 5) is 26.8. The van der Waals surface area contributed by atoms with Crippen LogP contribution in [0.4, 0.5) is 0 Å². The smallest absolute Gasteiger partial charge is 0.224 e. The van der Waals surface area contributed by atoms with Gasteiger partial charge in [0.1, 0.15) is 5.75 Å². The number of amides is 2. The number of nitrogens with one attached hydrogen (secondary N) is 1. The Balaban J connectivity index is 1.35. The normalized spacial score (nSPS) is 14.0. The Morgan fingerprint density at radius 3 is 2.41 bits per heavy atom. The summed E-state index contributed by atoms with van der Waals surface area (Å²) in [5, 5.41) is 3.09. The molecule has 0 unspecified atom stereocenters. The molecule has 1 heterocycles. The Morgan fingerprint density at radius 1 is 1.00 bits per heavy atom. The summed E-state index contributed by atoms with van der Waals surface area (Å²) < 4.78 is 16.2. The van der Waals surface area contributed by atoms with E-state index in [-0.39, 0.29) is 24.3 Å². The van der Waals surface area contributed by atoms with E-state index in [1.54, 1.807) is 20.3 Å². The van der Waals surface area contributed by atoms with Crippen LogP contribution in [0.1, 0.15) is 31.2 Å². The van der Waals surface area contributed by atoms with E-state index in [1.165, 1.54) is 0 Å². The highest BCUT2D eigenvalue weighted by Gasteiger charge is 2.23. The monoisotopic (exact) mass is 440 g/mol. The molecule has 1 aliphatic heterocycles. The Kier molecular flexibility index (Phi) is 8.78. The van der Waals surface area contributed by atoms with Crippen molar-refractivity contribution in [1.29, 1.82) is 0 Å². The number of benzene rings is 2. The molecular formula is C25H32N2O5. The summed E-state index contributed by atoms with van der Waals surface area (Å²) >= 11 is 0. The highest BCUT2D eigenvalue weighted by molar-refractivity contribution is 5.79.